The van der Waals surface area contributed by atoms with E-state index in [-0.39, 0.29) is 11.8 Å². The summed E-state index contributed by atoms with van der Waals surface area (Å²) >= 11 is 0. The van der Waals surface area contributed by atoms with E-state index in [0.717, 1.165) is 16.9 Å². The first-order valence-corrected chi connectivity index (χ1v) is 9.08. The molecule has 1 N–H and O–H groups in total. The predicted molar refractivity (Wildman–Crippen MR) is 105 cm³/mol. The van der Waals surface area contributed by atoms with E-state index >= 15 is 0 Å². The number of benzene rings is 1. The van der Waals surface area contributed by atoms with Gasteiger partial charge in [-0.1, -0.05) is 6.07 Å². The number of carbonyl (C=O) groups is 2. The number of aryl methyl sites for hydroxylation is 3. The van der Waals surface area contributed by atoms with Crippen molar-refractivity contribution in [1.29, 1.82) is 0 Å². The number of carbonyl (C=O) groups excluding carboxylic acids is 2. The van der Waals surface area contributed by atoms with E-state index in [9.17, 15) is 9.59 Å². The summed E-state index contributed by atoms with van der Waals surface area (Å²) in [7, 11) is 0. The Hall–Kier alpha value is -2.96. The molecule has 1 aromatic heterocycles. The normalized spacial score (nSPS) is 14.2. The highest BCUT2D eigenvalue weighted by molar-refractivity contribution is 6.03. The van der Waals surface area contributed by atoms with Crippen LogP contribution in [0.3, 0.4) is 0 Å². The summed E-state index contributed by atoms with van der Waals surface area (Å²) in [6.45, 7) is 10.1. The summed E-state index contributed by atoms with van der Waals surface area (Å²) in [5, 5.41) is 2.90. The molecule has 1 aliphatic heterocycles. The molecule has 2 amide bonds. The Kier molecular flexibility index (Phi) is 5.39. The van der Waals surface area contributed by atoms with Crippen molar-refractivity contribution in [2.45, 2.75) is 27.7 Å². The van der Waals surface area contributed by atoms with Gasteiger partial charge in [0.15, 0.2) is 0 Å². The van der Waals surface area contributed by atoms with E-state index in [4.69, 9.17) is 0 Å². The highest BCUT2D eigenvalue weighted by Crippen LogP contribution is 2.17. The van der Waals surface area contributed by atoms with E-state index in [1.165, 1.54) is 5.56 Å². The van der Waals surface area contributed by atoms with Gasteiger partial charge in [-0.15, -0.1) is 0 Å². The van der Waals surface area contributed by atoms with Crippen molar-refractivity contribution in [2.75, 3.05) is 36.4 Å². The highest BCUT2D eigenvalue weighted by Gasteiger charge is 2.22. The number of nitrogens with one attached hydrogen (secondary N) is 1. The number of nitrogens with zero attached hydrogens (tertiary/aromatic N) is 4. The third-order valence-corrected chi connectivity index (χ3v) is 4.85. The van der Waals surface area contributed by atoms with Crippen LogP contribution < -0.4 is 10.2 Å². The molecule has 3 rings (SSSR count). The fourth-order valence-electron chi connectivity index (χ4n) is 3.05. The third-order valence-electron chi connectivity index (χ3n) is 4.85. The standard InChI is InChI=1S/C20H25N5O2/c1-13-5-6-17(11-14(13)2)22-19(27)18-12-15(3)21-20(23-18)25-9-7-24(8-10-25)16(4)26/h5-6,11-12H,7-10H2,1-4H3,(H,22,27). The van der Waals surface area contributed by atoms with Crippen LogP contribution in [0.5, 0.6) is 0 Å². The molecule has 1 fully saturated rings. The van der Waals surface area contributed by atoms with Crippen LogP contribution in [-0.2, 0) is 4.79 Å². The van der Waals surface area contributed by atoms with Crippen LogP contribution in [0.4, 0.5) is 11.6 Å². The summed E-state index contributed by atoms with van der Waals surface area (Å²) < 4.78 is 0. The van der Waals surface area contributed by atoms with Gasteiger partial charge in [0.2, 0.25) is 11.9 Å². The molecule has 0 atom stereocenters. The van der Waals surface area contributed by atoms with Gasteiger partial charge in [-0.3, -0.25) is 9.59 Å². The lowest BCUT2D eigenvalue weighted by molar-refractivity contribution is -0.129. The number of piperazine rings is 1. The molecular weight excluding hydrogens is 342 g/mol. The fourth-order valence-corrected chi connectivity index (χ4v) is 3.05. The number of anilines is 2. The first-order chi connectivity index (χ1) is 12.8. The molecule has 1 saturated heterocycles. The smallest absolute Gasteiger partial charge is 0.274 e. The van der Waals surface area contributed by atoms with Crippen LogP contribution in [0.25, 0.3) is 0 Å². The Morgan fingerprint density at radius 2 is 1.67 bits per heavy atom. The molecule has 1 aromatic carbocycles. The molecule has 142 valence electrons. The lowest BCUT2D eigenvalue weighted by Crippen LogP contribution is -2.48. The van der Waals surface area contributed by atoms with Crippen molar-refractivity contribution in [3.8, 4) is 0 Å². The van der Waals surface area contributed by atoms with Crippen molar-refractivity contribution in [3.63, 3.8) is 0 Å². The minimum atomic E-state index is -0.257. The van der Waals surface area contributed by atoms with Crippen LogP contribution in [0.1, 0.15) is 34.2 Å². The van der Waals surface area contributed by atoms with Crippen LogP contribution in [0.2, 0.25) is 0 Å². The lowest BCUT2D eigenvalue weighted by atomic mass is 10.1. The minimum Gasteiger partial charge on any atom is -0.339 e. The number of aromatic nitrogens is 2. The number of rotatable bonds is 3. The fraction of sp³-hybridized carbons (Fsp3) is 0.400. The summed E-state index contributed by atoms with van der Waals surface area (Å²) in [5.41, 5.74) is 4.12. The topological polar surface area (TPSA) is 78.4 Å². The van der Waals surface area contributed by atoms with Gasteiger partial charge in [0.25, 0.3) is 5.91 Å². The van der Waals surface area contributed by atoms with Gasteiger partial charge in [0, 0.05) is 44.5 Å². The van der Waals surface area contributed by atoms with Gasteiger partial charge in [-0.05, 0) is 50.1 Å². The van der Waals surface area contributed by atoms with Crippen molar-refractivity contribution in [2.24, 2.45) is 0 Å². The van der Waals surface area contributed by atoms with Crippen LogP contribution >= 0.6 is 0 Å². The Bertz CT molecular complexity index is 873. The number of hydrogen-bond acceptors (Lipinski definition) is 5. The first kappa shape index (κ1) is 18.8. The van der Waals surface area contributed by atoms with E-state index in [1.807, 2.05) is 43.9 Å². The van der Waals surface area contributed by atoms with Gasteiger partial charge in [0.1, 0.15) is 5.69 Å². The maximum atomic E-state index is 12.7. The van der Waals surface area contributed by atoms with Gasteiger partial charge in [-0.2, -0.15) is 0 Å². The molecule has 0 unspecified atom stereocenters. The summed E-state index contributed by atoms with van der Waals surface area (Å²) in [6.07, 6.45) is 0. The number of hydrogen-bond donors (Lipinski definition) is 1. The maximum absolute atomic E-state index is 12.7. The Balaban J connectivity index is 1.75. The second-order valence-electron chi connectivity index (χ2n) is 6.94. The van der Waals surface area contributed by atoms with Gasteiger partial charge in [-0.25, -0.2) is 9.97 Å². The predicted octanol–water partition coefficient (Wildman–Crippen LogP) is 2.32. The average Bonchev–Trinajstić information content (AvgIpc) is 2.64. The molecular formula is C20H25N5O2. The monoisotopic (exact) mass is 367 g/mol. The largest absolute Gasteiger partial charge is 0.339 e. The van der Waals surface area contributed by atoms with Crippen LogP contribution in [-0.4, -0.2) is 52.9 Å². The van der Waals surface area contributed by atoms with E-state index in [1.54, 1.807) is 17.9 Å². The Labute approximate surface area is 159 Å². The molecule has 2 aromatic rings. The zero-order valence-corrected chi connectivity index (χ0v) is 16.2. The molecule has 1 aliphatic rings. The minimum absolute atomic E-state index is 0.0771. The molecule has 7 nitrogen and oxygen atoms in total. The SMILES string of the molecule is CC(=O)N1CCN(c2nc(C)cc(C(=O)Nc3ccc(C)c(C)c3)n2)CC1. The molecule has 0 aliphatic carbocycles. The molecule has 27 heavy (non-hydrogen) atoms. The first-order valence-electron chi connectivity index (χ1n) is 9.08. The molecule has 7 heteroatoms. The van der Waals surface area contributed by atoms with E-state index in [0.29, 0.717) is 37.8 Å². The second-order valence-corrected chi connectivity index (χ2v) is 6.94. The van der Waals surface area contributed by atoms with E-state index in [2.05, 4.69) is 15.3 Å². The van der Waals surface area contributed by atoms with E-state index < -0.39 is 0 Å². The molecule has 2 heterocycles. The zero-order chi connectivity index (χ0) is 19.6. The Morgan fingerprint density at radius 3 is 2.30 bits per heavy atom. The van der Waals surface area contributed by atoms with Crippen LogP contribution in [0.15, 0.2) is 24.3 Å². The van der Waals surface area contributed by atoms with Gasteiger partial charge in [0.05, 0.1) is 0 Å². The summed E-state index contributed by atoms with van der Waals surface area (Å²) in [6, 6.07) is 7.50. The van der Waals surface area contributed by atoms with Gasteiger partial charge < -0.3 is 15.1 Å². The van der Waals surface area contributed by atoms with Crippen molar-refractivity contribution in [3.05, 3.63) is 46.8 Å². The number of amides is 2. The summed E-state index contributed by atoms with van der Waals surface area (Å²) in [5.74, 6) is 0.351. The van der Waals surface area contributed by atoms with Crippen molar-refractivity contribution < 1.29 is 9.59 Å². The Morgan fingerprint density at radius 1 is 0.963 bits per heavy atom. The maximum Gasteiger partial charge on any atom is 0.274 e. The average molecular weight is 367 g/mol. The quantitative estimate of drug-likeness (QED) is 0.901. The molecule has 0 bridgehead atoms. The van der Waals surface area contributed by atoms with Crippen molar-refractivity contribution >= 4 is 23.5 Å². The molecule has 0 spiro atoms. The third kappa shape index (κ3) is 4.42. The van der Waals surface area contributed by atoms with Gasteiger partial charge >= 0.3 is 0 Å². The summed E-state index contributed by atoms with van der Waals surface area (Å²) in [4.78, 5) is 36.9. The molecule has 0 radical (unpaired) electrons. The van der Waals surface area contributed by atoms with Crippen LogP contribution in [0, 0.1) is 20.8 Å². The highest BCUT2D eigenvalue weighted by atomic mass is 16.2. The van der Waals surface area contributed by atoms with Crippen molar-refractivity contribution in [1.82, 2.24) is 14.9 Å². The molecule has 0 saturated carbocycles. The zero-order valence-electron chi connectivity index (χ0n) is 16.2. The second kappa shape index (κ2) is 7.73. The lowest BCUT2D eigenvalue weighted by Gasteiger charge is -2.34.